The number of aliphatic hydroxyl groups is 1. The molecule has 0 spiro atoms. The van der Waals surface area contributed by atoms with Gasteiger partial charge in [0, 0.05) is 20.6 Å². The highest BCUT2D eigenvalue weighted by Gasteiger charge is 2.36. The number of rotatable bonds is 5. The standard InChI is InChI=1S/C16H22FNO4/c1-18(13-9-22-10-14(21-2)16(13)20)15(19)8-5-11-3-6-12(17)7-4-11/h3-4,6-7,13-14,16,20H,5,8-10H2,1-2H3/t13-,14-,16+/m1/s1. The van der Waals surface area contributed by atoms with E-state index in [-0.39, 0.29) is 11.7 Å². The van der Waals surface area contributed by atoms with Crippen LogP contribution in [0.1, 0.15) is 12.0 Å². The van der Waals surface area contributed by atoms with Crippen molar-refractivity contribution in [3.63, 3.8) is 0 Å². The molecule has 1 saturated heterocycles. The Morgan fingerprint density at radius 3 is 2.73 bits per heavy atom. The first kappa shape index (κ1) is 16.9. The second kappa shape index (κ2) is 7.67. The molecule has 22 heavy (non-hydrogen) atoms. The SMILES string of the molecule is CO[C@@H]1COC[C@@H](N(C)C(=O)CCc2ccc(F)cc2)[C@@H]1O. The fraction of sp³-hybridized carbons (Fsp3) is 0.562. The van der Waals surface area contributed by atoms with Crippen LogP contribution in [-0.2, 0) is 20.7 Å². The largest absolute Gasteiger partial charge is 0.388 e. The van der Waals surface area contributed by atoms with Crippen LogP contribution < -0.4 is 0 Å². The molecule has 0 saturated carbocycles. The Bertz CT molecular complexity index is 493. The third-order valence-corrected chi connectivity index (χ3v) is 4.08. The number of aryl methyl sites for hydroxylation is 1. The lowest BCUT2D eigenvalue weighted by atomic mass is 10.0. The van der Waals surface area contributed by atoms with Gasteiger partial charge in [-0.1, -0.05) is 12.1 Å². The zero-order valence-corrected chi connectivity index (χ0v) is 12.9. The Labute approximate surface area is 129 Å². The van der Waals surface area contributed by atoms with E-state index in [1.165, 1.54) is 24.1 Å². The fourth-order valence-electron chi connectivity index (χ4n) is 2.56. The molecule has 1 fully saturated rings. The van der Waals surface area contributed by atoms with Crippen LogP contribution >= 0.6 is 0 Å². The van der Waals surface area contributed by atoms with Crippen molar-refractivity contribution in [1.82, 2.24) is 4.90 Å². The molecule has 6 heteroatoms. The topological polar surface area (TPSA) is 59.0 Å². The van der Waals surface area contributed by atoms with E-state index < -0.39 is 18.2 Å². The van der Waals surface area contributed by atoms with E-state index in [0.717, 1.165) is 5.56 Å². The predicted octanol–water partition coefficient (Wildman–Crippen LogP) is 0.991. The summed E-state index contributed by atoms with van der Waals surface area (Å²) in [6.45, 7) is 0.617. The summed E-state index contributed by atoms with van der Waals surface area (Å²) in [6.07, 6.45) is -0.367. The number of likely N-dealkylation sites (N-methyl/N-ethyl adjacent to an activating group) is 1. The number of amides is 1. The van der Waals surface area contributed by atoms with Gasteiger partial charge in [0.15, 0.2) is 0 Å². The molecule has 1 aliphatic rings. The third kappa shape index (κ3) is 4.03. The van der Waals surface area contributed by atoms with Crippen LogP contribution in [0.3, 0.4) is 0 Å². The zero-order chi connectivity index (χ0) is 16.1. The lowest BCUT2D eigenvalue weighted by Crippen LogP contribution is -2.56. The monoisotopic (exact) mass is 311 g/mol. The minimum Gasteiger partial charge on any atom is -0.388 e. The van der Waals surface area contributed by atoms with Crippen LogP contribution in [0.15, 0.2) is 24.3 Å². The van der Waals surface area contributed by atoms with Gasteiger partial charge in [-0.15, -0.1) is 0 Å². The number of methoxy groups -OCH3 is 1. The Morgan fingerprint density at radius 2 is 2.09 bits per heavy atom. The summed E-state index contributed by atoms with van der Waals surface area (Å²) < 4.78 is 23.4. The summed E-state index contributed by atoms with van der Waals surface area (Å²) in [5, 5.41) is 10.2. The van der Waals surface area contributed by atoms with Crippen molar-refractivity contribution in [2.45, 2.75) is 31.1 Å². The number of aliphatic hydroxyl groups excluding tert-OH is 1. The maximum absolute atomic E-state index is 12.8. The smallest absolute Gasteiger partial charge is 0.223 e. The first-order valence-electron chi connectivity index (χ1n) is 7.31. The zero-order valence-electron chi connectivity index (χ0n) is 12.9. The molecule has 3 atom stereocenters. The minimum absolute atomic E-state index is 0.0891. The highest BCUT2D eigenvalue weighted by molar-refractivity contribution is 5.76. The molecule has 1 amide bonds. The van der Waals surface area contributed by atoms with E-state index in [2.05, 4.69) is 0 Å². The number of carbonyl (C=O) groups is 1. The van der Waals surface area contributed by atoms with Gasteiger partial charge in [-0.25, -0.2) is 4.39 Å². The van der Waals surface area contributed by atoms with Crippen molar-refractivity contribution < 1.29 is 23.8 Å². The summed E-state index contributed by atoms with van der Waals surface area (Å²) in [5.74, 6) is -0.381. The van der Waals surface area contributed by atoms with Gasteiger partial charge >= 0.3 is 0 Å². The number of hydrogen-bond acceptors (Lipinski definition) is 4. The van der Waals surface area contributed by atoms with Crippen LogP contribution in [0.5, 0.6) is 0 Å². The van der Waals surface area contributed by atoms with E-state index in [1.54, 1.807) is 19.2 Å². The number of halogens is 1. The lowest BCUT2D eigenvalue weighted by molar-refractivity contribution is -0.158. The molecule has 1 N–H and O–H groups in total. The van der Waals surface area contributed by atoms with Gasteiger partial charge in [0.05, 0.1) is 19.3 Å². The van der Waals surface area contributed by atoms with Crippen LogP contribution in [-0.4, -0.2) is 61.5 Å². The summed E-state index contributed by atoms with van der Waals surface area (Å²) in [6, 6.07) is 5.68. The molecule has 122 valence electrons. The first-order chi connectivity index (χ1) is 10.5. The molecule has 1 aromatic rings. The van der Waals surface area contributed by atoms with Crippen molar-refractivity contribution in [2.75, 3.05) is 27.4 Å². The van der Waals surface area contributed by atoms with Gasteiger partial charge in [-0.05, 0) is 24.1 Å². The number of nitrogens with zero attached hydrogens (tertiary/aromatic N) is 1. The molecule has 0 aromatic heterocycles. The number of carbonyl (C=O) groups excluding carboxylic acids is 1. The summed E-state index contributed by atoms with van der Waals surface area (Å²) in [7, 11) is 3.16. The van der Waals surface area contributed by atoms with Crippen molar-refractivity contribution >= 4 is 5.91 Å². The first-order valence-corrected chi connectivity index (χ1v) is 7.31. The van der Waals surface area contributed by atoms with Gasteiger partial charge < -0.3 is 19.5 Å². The molecule has 0 bridgehead atoms. The average molecular weight is 311 g/mol. The van der Waals surface area contributed by atoms with Gasteiger partial charge in [0.25, 0.3) is 0 Å². The van der Waals surface area contributed by atoms with E-state index >= 15 is 0 Å². The molecule has 1 aliphatic heterocycles. The summed E-state index contributed by atoms with van der Waals surface area (Å²) in [4.78, 5) is 13.8. The van der Waals surface area contributed by atoms with Crippen LogP contribution in [0.2, 0.25) is 0 Å². The van der Waals surface area contributed by atoms with Crippen molar-refractivity contribution in [3.8, 4) is 0 Å². The molecular weight excluding hydrogens is 289 g/mol. The number of hydrogen-bond donors (Lipinski definition) is 1. The van der Waals surface area contributed by atoms with E-state index in [1.807, 2.05) is 0 Å². The Balaban J connectivity index is 1.89. The van der Waals surface area contributed by atoms with E-state index in [4.69, 9.17) is 9.47 Å². The normalized spacial score (nSPS) is 25.0. The molecule has 0 unspecified atom stereocenters. The summed E-state index contributed by atoms with van der Waals surface area (Å²) in [5.41, 5.74) is 0.901. The van der Waals surface area contributed by atoms with Crippen molar-refractivity contribution in [3.05, 3.63) is 35.6 Å². The van der Waals surface area contributed by atoms with E-state index in [0.29, 0.717) is 26.1 Å². The maximum atomic E-state index is 12.8. The van der Waals surface area contributed by atoms with E-state index in [9.17, 15) is 14.3 Å². The average Bonchev–Trinajstić information content (AvgIpc) is 2.53. The highest BCUT2D eigenvalue weighted by atomic mass is 19.1. The third-order valence-electron chi connectivity index (χ3n) is 4.08. The van der Waals surface area contributed by atoms with Gasteiger partial charge in [0.1, 0.15) is 18.0 Å². The molecule has 2 rings (SSSR count). The second-order valence-electron chi connectivity index (χ2n) is 5.50. The van der Waals surface area contributed by atoms with Crippen LogP contribution in [0, 0.1) is 5.82 Å². The van der Waals surface area contributed by atoms with Gasteiger partial charge in [0.2, 0.25) is 5.91 Å². The molecule has 1 aromatic carbocycles. The number of benzene rings is 1. The highest BCUT2D eigenvalue weighted by Crippen LogP contribution is 2.17. The fourth-order valence-corrected chi connectivity index (χ4v) is 2.56. The Hall–Kier alpha value is -1.50. The minimum atomic E-state index is -0.765. The number of ether oxygens (including phenoxy) is 2. The second-order valence-corrected chi connectivity index (χ2v) is 5.50. The summed E-state index contributed by atoms with van der Waals surface area (Å²) >= 11 is 0. The molecular formula is C16H22FNO4. The molecule has 0 radical (unpaired) electrons. The maximum Gasteiger partial charge on any atom is 0.223 e. The lowest BCUT2D eigenvalue weighted by Gasteiger charge is -2.38. The molecule has 1 heterocycles. The van der Waals surface area contributed by atoms with Gasteiger partial charge in [-0.3, -0.25) is 4.79 Å². The Morgan fingerprint density at radius 1 is 1.41 bits per heavy atom. The Kier molecular flexibility index (Phi) is 5.88. The van der Waals surface area contributed by atoms with Crippen molar-refractivity contribution in [2.24, 2.45) is 0 Å². The molecule has 0 aliphatic carbocycles. The van der Waals surface area contributed by atoms with Crippen LogP contribution in [0.4, 0.5) is 4.39 Å². The van der Waals surface area contributed by atoms with Gasteiger partial charge in [-0.2, -0.15) is 0 Å². The van der Waals surface area contributed by atoms with Crippen LogP contribution in [0.25, 0.3) is 0 Å². The molecule has 5 nitrogen and oxygen atoms in total. The predicted molar refractivity (Wildman–Crippen MR) is 78.9 cm³/mol. The van der Waals surface area contributed by atoms with Crippen molar-refractivity contribution in [1.29, 1.82) is 0 Å². The quantitative estimate of drug-likeness (QED) is 0.881.